The number of halogens is 1. The molecule has 4 rings (SSSR count). The van der Waals surface area contributed by atoms with Gasteiger partial charge in [0.15, 0.2) is 29.2 Å². The maximum atomic E-state index is 16.1. The molecule has 1 unspecified atom stereocenters. The molecule has 0 aliphatic carbocycles. The van der Waals surface area contributed by atoms with Crippen LogP contribution in [0.5, 0.6) is 5.88 Å². The standard InChI is InChI=1S/C18H27FN6O7P/c1-5-28-15-12-14(23-17(20)24-15)25(8-21-12)16-18(4,19)13-10(31-16)7-29-33(27,32-13)22-6-11(26)30-9(2)3/h8-10,13,16,22,27H,5-7H2,1-4H3,(H2,20,23,24)/q+1/t10-,13-,16-,18-,33?/m1/s1. The molecule has 2 aliphatic rings. The van der Waals surface area contributed by atoms with Gasteiger partial charge in [-0.1, -0.05) is 0 Å². The first-order valence-corrected chi connectivity index (χ1v) is 12.0. The third-order valence-corrected chi connectivity index (χ3v) is 6.65. The molecule has 0 amide bonds. The fourth-order valence-corrected chi connectivity index (χ4v) is 5.29. The molecule has 0 aromatic carbocycles. The Hall–Kier alpha value is -2.22. The Morgan fingerprint density at radius 3 is 2.97 bits per heavy atom. The summed E-state index contributed by atoms with van der Waals surface area (Å²) in [5.41, 5.74) is 4.17. The Morgan fingerprint density at radius 2 is 2.27 bits per heavy atom. The number of imidazole rings is 1. The number of carbonyl (C=O) groups excluding carboxylic acids is 1. The molecule has 0 saturated carbocycles. The van der Waals surface area contributed by atoms with Crippen molar-refractivity contribution in [3.63, 3.8) is 0 Å². The zero-order chi connectivity index (χ0) is 24.0. The molecule has 182 valence electrons. The van der Waals surface area contributed by atoms with E-state index >= 15 is 4.39 Å². The SMILES string of the molecule is CCOc1nc(N)nc2c1ncn2[C@@H]1O[C@@H]2CO[P+](O)(NCC(=O)OC(C)C)O[C@H]2[C@@]1(C)F. The molecule has 2 aromatic rings. The molecule has 0 bridgehead atoms. The van der Waals surface area contributed by atoms with Crippen LogP contribution in [-0.2, 0) is 23.3 Å². The average molecular weight is 489 g/mol. The van der Waals surface area contributed by atoms with Gasteiger partial charge in [-0.25, -0.2) is 9.37 Å². The maximum Gasteiger partial charge on any atom is 0.500 e. The molecule has 0 spiro atoms. The number of nitrogens with zero attached hydrogens (tertiary/aromatic N) is 4. The molecule has 5 atom stereocenters. The van der Waals surface area contributed by atoms with Crippen molar-refractivity contribution in [1.82, 2.24) is 24.6 Å². The number of hydrogen-bond donors (Lipinski definition) is 3. The largest absolute Gasteiger partial charge is 0.500 e. The molecular formula is C18H27FN6O7P+. The summed E-state index contributed by atoms with van der Waals surface area (Å²) < 4.78 is 44.8. The van der Waals surface area contributed by atoms with Crippen molar-refractivity contribution in [3.8, 4) is 5.88 Å². The first-order chi connectivity index (χ1) is 15.5. The van der Waals surface area contributed by atoms with Crippen LogP contribution in [0.3, 0.4) is 0 Å². The lowest BCUT2D eigenvalue weighted by Crippen LogP contribution is -2.47. The normalized spacial score (nSPS) is 31.7. The smallest absolute Gasteiger partial charge is 0.476 e. The minimum Gasteiger partial charge on any atom is -0.476 e. The highest BCUT2D eigenvalue weighted by Crippen LogP contribution is 2.61. The van der Waals surface area contributed by atoms with Crippen LogP contribution in [-0.4, -0.2) is 74.1 Å². The van der Waals surface area contributed by atoms with Crippen molar-refractivity contribution in [1.29, 1.82) is 0 Å². The highest BCUT2D eigenvalue weighted by atomic mass is 31.2. The van der Waals surface area contributed by atoms with E-state index in [2.05, 4.69) is 20.0 Å². The number of nitrogens with two attached hydrogens (primary N) is 1. The van der Waals surface area contributed by atoms with Gasteiger partial charge in [0.2, 0.25) is 11.8 Å². The second-order valence-corrected chi connectivity index (χ2v) is 9.86. The lowest BCUT2D eigenvalue weighted by molar-refractivity contribution is -0.146. The van der Waals surface area contributed by atoms with Gasteiger partial charge in [0, 0.05) is 0 Å². The van der Waals surface area contributed by atoms with Gasteiger partial charge < -0.3 is 19.9 Å². The van der Waals surface area contributed by atoms with E-state index in [0.29, 0.717) is 12.1 Å². The Bertz CT molecular complexity index is 1040. The summed E-state index contributed by atoms with van der Waals surface area (Å²) in [5.74, 6) is -0.503. The van der Waals surface area contributed by atoms with E-state index in [4.69, 9.17) is 29.0 Å². The summed E-state index contributed by atoms with van der Waals surface area (Å²) in [7, 11) is -3.75. The summed E-state index contributed by atoms with van der Waals surface area (Å²) in [6, 6.07) is 0. The molecular weight excluding hydrogens is 462 g/mol. The summed E-state index contributed by atoms with van der Waals surface area (Å²) in [6.45, 7) is 6.25. The number of alkyl halides is 1. The number of aromatic nitrogens is 4. The first-order valence-electron chi connectivity index (χ1n) is 10.4. The third kappa shape index (κ3) is 4.59. The molecule has 0 radical (unpaired) electrons. The number of ether oxygens (including phenoxy) is 3. The molecule has 33 heavy (non-hydrogen) atoms. The van der Waals surface area contributed by atoms with E-state index in [-0.39, 0.29) is 36.7 Å². The van der Waals surface area contributed by atoms with E-state index < -0.39 is 38.2 Å². The van der Waals surface area contributed by atoms with Gasteiger partial charge in [-0.3, -0.25) is 9.36 Å². The van der Waals surface area contributed by atoms with Crippen molar-refractivity contribution in [2.75, 3.05) is 25.5 Å². The second-order valence-electron chi connectivity index (χ2n) is 8.04. The van der Waals surface area contributed by atoms with Crippen molar-refractivity contribution in [3.05, 3.63) is 6.33 Å². The molecule has 13 nitrogen and oxygen atoms in total. The molecule has 15 heteroatoms. The lowest BCUT2D eigenvalue weighted by Gasteiger charge is -2.31. The van der Waals surface area contributed by atoms with Gasteiger partial charge in [0.25, 0.3) is 0 Å². The first kappa shape index (κ1) is 23.9. The Labute approximate surface area is 189 Å². The minimum atomic E-state index is -3.75. The molecule has 4 heterocycles. The molecule has 2 saturated heterocycles. The number of fused-ring (bicyclic) bond motifs is 2. The quantitative estimate of drug-likeness (QED) is 0.375. The number of nitrogens with one attached hydrogen (secondary N) is 1. The zero-order valence-corrected chi connectivity index (χ0v) is 19.5. The summed E-state index contributed by atoms with van der Waals surface area (Å²) >= 11 is 0. The van der Waals surface area contributed by atoms with Crippen molar-refractivity contribution < 1.29 is 37.3 Å². The van der Waals surface area contributed by atoms with Gasteiger partial charge in [0.1, 0.15) is 19.3 Å². The highest BCUT2D eigenvalue weighted by molar-refractivity contribution is 7.58. The van der Waals surface area contributed by atoms with Crippen LogP contribution in [0, 0.1) is 0 Å². The molecule has 2 aromatic heterocycles. The summed E-state index contributed by atoms with van der Waals surface area (Å²) in [5, 5.41) is 2.51. The van der Waals surface area contributed by atoms with Gasteiger partial charge >= 0.3 is 14.1 Å². The summed E-state index contributed by atoms with van der Waals surface area (Å²) in [6.07, 6.45) is -2.23. The number of rotatable bonds is 7. The number of anilines is 1. The van der Waals surface area contributed by atoms with Crippen LogP contribution in [0.1, 0.15) is 33.9 Å². The number of nitrogen functional groups attached to an aromatic ring is 1. The monoisotopic (exact) mass is 489 g/mol. The predicted octanol–water partition coefficient (Wildman–Crippen LogP) is 1.06. The van der Waals surface area contributed by atoms with Crippen molar-refractivity contribution in [2.24, 2.45) is 0 Å². The fraction of sp³-hybridized carbons (Fsp3) is 0.667. The Kier molecular flexibility index (Phi) is 6.42. The van der Waals surface area contributed by atoms with Gasteiger partial charge in [-0.15, -0.1) is 5.09 Å². The van der Waals surface area contributed by atoms with Crippen LogP contribution in [0.4, 0.5) is 10.3 Å². The number of esters is 1. The predicted molar refractivity (Wildman–Crippen MR) is 114 cm³/mol. The number of carbonyl (C=O) groups is 1. The van der Waals surface area contributed by atoms with E-state index in [1.54, 1.807) is 20.8 Å². The Morgan fingerprint density at radius 1 is 1.52 bits per heavy atom. The van der Waals surface area contributed by atoms with Crippen LogP contribution in [0.25, 0.3) is 11.2 Å². The van der Waals surface area contributed by atoms with E-state index in [1.807, 2.05) is 0 Å². The van der Waals surface area contributed by atoms with Crippen LogP contribution in [0.2, 0.25) is 0 Å². The van der Waals surface area contributed by atoms with E-state index in [1.165, 1.54) is 17.8 Å². The van der Waals surface area contributed by atoms with E-state index in [9.17, 15) is 9.69 Å². The van der Waals surface area contributed by atoms with Gasteiger partial charge in [-0.05, 0) is 27.7 Å². The van der Waals surface area contributed by atoms with Gasteiger partial charge in [0.05, 0.1) is 19.0 Å². The minimum absolute atomic E-state index is 0.0685. The maximum absolute atomic E-state index is 16.1. The van der Waals surface area contributed by atoms with Crippen LogP contribution >= 0.6 is 8.09 Å². The van der Waals surface area contributed by atoms with Crippen molar-refractivity contribution in [2.45, 2.75) is 57.9 Å². The second kappa shape index (κ2) is 8.85. The average Bonchev–Trinajstić information content (AvgIpc) is 3.24. The number of hydrogen-bond acceptors (Lipinski definition) is 12. The van der Waals surface area contributed by atoms with Crippen molar-refractivity contribution >= 4 is 31.2 Å². The third-order valence-electron chi connectivity index (χ3n) is 5.08. The fourth-order valence-electron chi connectivity index (χ4n) is 3.74. The highest BCUT2D eigenvalue weighted by Gasteiger charge is 2.66. The van der Waals surface area contributed by atoms with Gasteiger partial charge in [-0.2, -0.15) is 23.9 Å². The summed E-state index contributed by atoms with van der Waals surface area (Å²) in [4.78, 5) is 34.9. The Balaban J connectivity index is 1.56. The topological polar surface area (TPSA) is 165 Å². The van der Waals surface area contributed by atoms with E-state index in [0.717, 1.165) is 0 Å². The molecule has 2 fully saturated rings. The van der Waals surface area contributed by atoms with Crippen LogP contribution in [0.15, 0.2) is 6.33 Å². The zero-order valence-electron chi connectivity index (χ0n) is 18.6. The molecule has 2 aliphatic heterocycles. The lowest BCUT2D eigenvalue weighted by atomic mass is 9.98. The van der Waals surface area contributed by atoms with Crippen LogP contribution < -0.4 is 15.6 Å². The molecule has 4 N–H and O–H groups in total.